The van der Waals surface area contributed by atoms with Crippen molar-refractivity contribution in [3.05, 3.63) is 52.5 Å². The minimum absolute atomic E-state index is 0.548. The van der Waals surface area contributed by atoms with E-state index in [1.54, 1.807) is 6.07 Å². The van der Waals surface area contributed by atoms with E-state index in [1.807, 2.05) is 36.4 Å². The van der Waals surface area contributed by atoms with E-state index in [1.165, 1.54) is 0 Å². The molecule has 0 bridgehead atoms. The lowest BCUT2D eigenvalue weighted by molar-refractivity contribution is 1.45. The number of benzene rings is 2. The van der Waals surface area contributed by atoms with Gasteiger partial charge in [0.05, 0.1) is 10.0 Å². The zero-order valence-corrected chi connectivity index (χ0v) is 10.9. The van der Waals surface area contributed by atoms with Crippen molar-refractivity contribution < 1.29 is 0 Å². The maximum absolute atomic E-state index is 6.02. The third-order valence-electron chi connectivity index (χ3n) is 2.88. The summed E-state index contributed by atoms with van der Waals surface area (Å²) in [5.41, 5.74) is 9.56. The van der Waals surface area contributed by atoms with Crippen LogP contribution >= 0.6 is 23.2 Å². The molecule has 2 aromatic carbocycles. The molecule has 1 heterocycles. The van der Waals surface area contributed by atoms with E-state index in [0.29, 0.717) is 10.0 Å². The van der Waals surface area contributed by atoms with Crippen LogP contribution in [0, 0.1) is 0 Å². The van der Waals surface area contributed by atoms with Crippen LogP contribution in [-0.4, -0.2) is 4.98 Å². The molecule has 0 aliphatic heterocycles. The lowest BCUT2D eigenvalue weighted by Gasteiger charge is -2.00. The number of anilines is 1. The Labute approximate surface area is 114 Å². The molecule has 18 heavy (non-hydrogen) atoms. The molecule has 1 aromatic heterocycles. The highest BCUT2D eigenvalue weighted by Crippen LogP contribution is 2.30. The number of halogens is 2. The monoisotopic (exact) mass is 276 g/mol. The molecular weight excluding hydrogens is 267 g/mol. The fraction of sp³-hybridized carbons (Fsp3) is 0. The van der Waals surface area contributed by atoms with Gasteiger partial charge in [0.25, 0.3) is 0 Å². The summed E-state index contributed by atoms with van der Waals surface area (Å²) < 4.78 is 0. The number of hydrogen-bond acceptors (Lipinski definition) is 1. The van der Waals surface area contributed by atoms with E-state index in [2.05, 4.69) is 4.98 Å². The number of nitrogens with two attached hydrogens (primary N) is 1. The maximum atomic E-state index is 6.02. The SMILES string of the molecule is Nc1ccc2[nH]c(-c3ccc(Cl)c(Cl)c3)cc2c1. The molecule has 0 aliphatic carbocycles. The van der Waals surface area contributed by atoms with E-state index in [4.69, 9.17) is 28.9 Å². The number of fused-ring (bicyclic) bond motifs is 1. The summed E-state index contributed by atoms with van der Waals surface area (Å²) in [6.07, 6.45) is 0. The third-order valence-corrected chi connectivity index (χ3v) is 3.61. The van der Waals surface area contributed by atoms with Crippen molar-refractivity contribution in [3.8, 4) is 11.3 Å². The normalized spacial score (nSPS) is 11.0. The van der Waals surface area contributed by atoms with Crippen LogP contribution in [0.15, 0.2) is 42.5 Å². The highest BCUT2D eigenvalue weighted by Gasteiger charge is 2.05. The van der Waals surface area contributed by atoms with Crippen LogP contribution in [0.25, 0.3) is 22.2 Å². The minimum atomic E-state index is 0.548. The molecule has 0 amide bonds. The zero-order valence-electron chi connectivity index (χ0n) is 9.37. The van der Waals surface area contributed by atoms with E-state index in [0.717, 1.165) is 27.8 Å². The van der Waals surface area contributed by atoms with Crippen LogP contribution in [0.2, 0.25) is 10.0 Å². The zero-order chi connectivity index (χ0) is 12.7. The number of hydrogen-bond donors (Lipinski definition) is 2. The van der Waals surface area contributed by atoms with Crippen molar-refractivity contribution in [1.82, 2.24) is 4.98 Å². The summed E-state index contributed by atoms with van der Waals surface area (Å²) in [5, 5.41) is 2.18. The second kappa shape index (κ2) is 4.23. The number of H-pyrrole nitrogens is 1. The fourth-order valence-corrected chi connectivity index (χ4v) is 2.27. The van der Waals surface area contributed by atoms with Gasteiger partial charge in [0.2, 0.25) is 0 Å². The molecule has 0 fully saturated rings. The molecule has 2 nitrogen and oxygen atoms in total. The van der Waals surface area contributed by atoms with Gasteiger partial charge in [0, 0.05) is 22.3 Å². The molecular formula is C14H10Cl2N2. The van der Waals surface area contributed by atoms with Gasteiger partial charge in [-0.3, -0.25) is 0 Å². The molecule has 4 heteroatoms. The minimum Gasteiger partial charge on any atom is -0.399 e. The number of aromatic amines is 1. The first-order valence-electron chi connectivity index (χ1n) is 5.47. The van der Waals surface area contributed by atoms with Gasteiger partial charge >= 0.3 is 0 Å². The Kier molecular flexibility index (Phi) is 2.69. The quantitative estimate of drug-likeness (QED) is 0.621. The largest absolute Gasteiger partial charge is 0.399 e. The van der Waals surface area contributed by atoms with Crippen LogP contribution in [0.1, 0.15) is 0 Å². The summed E-state index contributed by atoms with van der Waals surface area (Å²) in [6.45, 7) is 0. The second-order valence-corrected chi connectivity index (χ2v) is 4.97. The Morgan fingerprint density at radius 2 is 1.72 bits per heavy atom. The molecule has 0 radical (unpaired) electrons. The maximum Gasteiger partial charge on any atom is 0.0599 e. The first-order valence-corrected chi connectivity index (χ1v) is 6.23. The van der Waals surface area contributed by atoms with Crippen molar-refractivity contribution in [2.24, 2.45) is 0 Å². The Hall–Kier alpha value is -1.64. The van der Waals surface area contributed by atoms with Gasteiger partial charge in [0.15, 0.2) is 0 Å². The molecule has 0 spiro atoms. The Morgan fingerprint density at radius 1 is 0.889 bits per heavy atom. The van der Waals surface area contributed by atoms with E-state index >= 15 is 0 Å². The van der Waals surface area contributed by atoms with Gasteiger partial charge in [-0.05, 0) is 42.0 Å². The molecule has 3 rings (SSSR count). The van der Waals surface area contributed by atoms with Crippen LogP contribution in [0.3, 0.4) is 0 Å². The lowest BCUT2D eigenvalue weighted by atomic mass is 10.1. The van der Waals surface area contributed by atoms with Gasteiger partial charge in [-0.2, -0.15) is 0 Å². The summed E-state index contributed by atoms with van der Waals surface area (Å²) in [4.78, 5) is 3.33. The Bertz CT molecular complexity index is 732. The number of nitrogen functional groups attached to an aromatic ring is 1. The summed E-state index contributed by atoms with van der Waals surface area (Å²) in [7, 11) is 0. The standard InChI is InChI=1S/C14H10Cl2N2/c15-11-3-1-8(6-12(11)16)14-7-9-5-10(17)2-4-13(9)18-14/h1-7,18H,17H2. The fourth-order valence-electron chi connectivity index (χ4n) is 1.97. The summed E-state index contributed by atoms with van der Waals surface area (Å²) >= 11 is 11.9. The molecule has 0 aliphatic rings. The predicted molar refractivity (Wildman–Crippen MR) is 78.2 cm³/mol. The van der Waals surface area contributed by atoms with Gasteiger partial charge in [-0.15, -0.1) is 0 Å². The molecule has 3 N–H and O–H groups in total. The third kappa shape index (κ3) is 1.94. The van der Waals surface area contributed by atoms with Gasteiger partial charge in [-0.25, -0.2) is 0 Å². The number of aromatic nitrogens is 1. The number of nitrogens with one attached hydrogen (secondary N) is 1. The van der Waals surface area contributed by atoms with E-state index < -0.39 is 0 Å². The van der Waals surface area contributed by atoms with Gasteiger partial charge < -0.3 is 10.7 Å². The van der Waals surface area contributed by atoms with Crippen molar-refractivity contribution in [2.75, 3.05) is 5.73 Å². The molecule has 0 atom stereocenters. The van der Waals surface area contributed by atoms with Gasteiger partial charge in [0.1, 0.15) is 0 Å². The van der Waals surface area contributed by atoms with Crippen molar-refractivity contribution in [3.63, 3.8) is 0 Å². The average Bonchev–Trinajstić information content (AvgIpc) is 2.75. The number of rotatable bonds is 1. The molecule has 0 unspecified atom stereocenters. The highest BCUT2D eigenvalue weighted by molar-refractivity contribution is 6.42. The van der Waals surface area contributed by atoms with Crippen molar-refractivity contribution in [2.45, 2.75) is 0 Å². The molecule has 0 saturated carbocycles. The molecule has 0 saturated heterocycles. The second-order valence-electron chi connectivity index (χ2n) is 4.16. The molecule has 90 valence electrons. The van der Waals surface area contributed by atoms with Crippen LogP contribution < -0.4 is 5.73 Å². The van der Waals surface area contributed by atoms with Crippen LogP contribution in [0.5, 0.6) is 0 Å². The Morgan fingerprint density at radius 3 is 2.50 bits per heavy atom. The predicted octanol–water partition coefficient (Wildman–Crippen LogP) is 4.72. The topological polar surface area (TPSA) is 41.8 Å². The van der Waals surface area contributed by atoms with Crippen LogP contribution in [0.4, 0.5) is 5.69 Å². The van der Waals surface area contributed by atoms with Crippen LogP contribution in [-0.2, 0) is 0 Å². The van der Waals surface area contributed by atoms with E-state index in [9.17, 15) is 0 Å². The first-order chi connectivity index (χ1) is 8.63. The van der Waals surface area contributed by atoms with Crippen molar-refractivity contribution >= 4 is 39.8 Å². The first kappa shape index (κ1) is 11.5. The summed E-state index contributed by atoms with van der Waals surface area (Å²) in [5.74, 6) is 0. The average molecular weight is 277 g/mol. The van der Waals surface area contributed by atoms with E-state index in [-0.39, 0.29) is 0 Å². The smallest absolute Gasteiger partial charge is 0.0599 e. The molecule has 3 aromatic rings. The van der Waals surface area contributed by atoms with Crippen molar-refractivity contribution in [1.29, 1.82) is 0 Å². The highest BCUT2D eigenvalue weighted by atomic mass is 35.5. The lowest BCUT2D eigenvalue weighted by Crippen LogP contribution is -1.81. The van der Waals surface area contributed by atoms with Gasteiger partial charge in [-0.1, -0.05) is 29.3 Å². The summed E-state index contributed by atoms with van der Waals surface area (Å²) in [6, 6.07) is 13.4. The Balaban J connectivity index is 2.16.